The van der Waals surface area contributed by atoms with Crippen molar-refractivity contribution in [2.45, 2.75) is 19.8 Å². The Bertz CT molecular complexity index is 1680. The number of nitrogens with zero attached hydrogens (tertiary/aromatic N) is 3. The van der Waals surface area contributed by atoms with E-state index >= 15 is 0 Å². The van der Waals surface area contributed by atoms with E-state index in [0.29, 0.717) is 0 Å². The lowest BCUT2D eigenvalue weighted by molar-refractivity contribution is 0.943. The molecule has 3 aromatic heterocycles. The molecule has 160 valence electrons. The van der Waals surface area contributed by atoms with Gasteiger partial charge in [-0.2, -0.15) is 5.10 Å². The standard InChI is InChI=1S/C29H23N3S/c1-3-23-19(2)33-28-16-22(14-15-24(23)28)25-18-30-32-27(21-12-8-5-9-13-21)17-26(31-29(25)32)20-10-6-4-7-11-20/h3,5-6,8-18H,2,4,7H2,1H3/b23-3+. The largest absolute Gasteiger partial charge is 0.228 e. The SMILES string of the molecule is C=c1sc2cc(-c3cnn4c(-c5ccccc5)cc(C5=CCCC=C5)nc34)ccc2/c1=C/C. The number of hydrogen-bond donors (Lipinski definition) is 0. The van der Waals surface area contributed by atoms with Gasteiger partial charge in [0.25, 0.3) is 0 Å². The predicted molar refractivity (Wildman–Crippen MR) is 141 cm³/mol. The summed E-state index contributed by atoms with van der Waals surface area (Å²) < 4.78 is 4.31. The Morgan fingerprint density at radius 1 is 1.03 bits per heavy atom. The van der Waals surface area contributed by atoms with E-state index in [1.54, 1.807) is 11.3 Å². The smallest absolute Gasteiger partial charge is 0.164 e. The molecule has 1 aliphatic carbocycles. The molecule has 2 aromatic carbocycles. The Morgan fingerprint density at radius 2 is 1.91 bits per heavy atom. The molecule has 5 aromatic rings. The molecule has 0 saturated carbocycles. The highest BCUT2D eigenvalue weighted by Gasteiger charge is 2.16. The van der Waals surface area contributed by atoms with Crippen molar-refractivity contribution in [2.75, 3.05) is 0 Å². The molecule has 6 rings (SSSR count). The van der Waals surface area contributed by atoms with E-state index in [9.17, 15) is 0 Å². The van der Waals surface area contributed by atoms with Crippen LogP contribution in [0.4, 0.5) is 0 Å². The van der Waals surface area contributed by atoms with E-state index in [2.05, 4.69) is 86.3 Å². The second kappa shape index (κ2) is 7.98. The van der Waals surface area contributed by atoms with Crippen LogP contribution >= 0.6 is 11.3 Å². The van der Waals surface area contributed by atoms with Crippen LogP contribution in [0, 0.1) is 0 Å². The summed E-state index contributed by atoms with van der Waals surface area (Å²) in [6.45, 7) is 6.29. The van der Waals surface area contributed by atoms with E-state index in [1.165, 1.54) is 20.9 Å². The third-order valence-electron chi connectivity index (χ3n) is 6.24. The lowest BCUT2D eigenvalue weighted by Crippen LogP contribution is -2.15. The summed E-state index contributed by atoms with van der Waals surface area (Å²) in [6, 6.07) is 19.2. The van der Waals surface area contributed by atoms with Crippen LogP contribution in [0.3, 0.4) is 0 Å². The first-order valence-electron chi connectivity index (χ1n) is 11.2. The van der Waals surface area contributed by atoms with Crippen LogP contribution < -0.4 is 9.75 Å². The molecule has 0 atom stereocenters. The molecule has 3 nitrogen and oxygen atoms in total. The number of allylic oxidation sites excluding steroid dienone is 4. The maximum Gasteiger partial charge on any atom is 0.164 e. The Labute approximate surface area is 196 Å². The molecule has 0 aliphatic heterocycles. The van der Waals surface area contributed by atoms with Crippen LogP contribution in [0.2, 0.25) is 0 Å². The van der Waals surface area contributed by atoms with Crippen molar-refractivity contribution in [1.29, 1.82) is 0 Å². The first-order chi connectivity index (χ1) is 16.2. The van der Waals surface area contributed by atoms with Gasteiger partial charge in [-0.1, -0.05) is 73.3 Å². The summed E-state index contributed by atoms with van der Waals surface area (Å²) in [6.07, 6.45) is 12.9. The lowest BCUT2D eigenvalue weighted by Gasteiger charge is -2.12. The first kappa shape index (κ1) is 19.9. The van der Waals surface area contributed by atoms with Crippen LogP contribution in [0.25, 0.3) is 56.3 Å². The molecule has 33 heavy (non-hydrogen) atoms. The minimum Gasteiger partial charge on any atom is -0.228 e. The molecule has 1 aliphatic rings. The normalized spacial score (nSPS) is 14.3. The quantitative estimate of drug-likeness (QED) is 0.330. The monoisotopic (exact) mass is 445 g/mol. The highest BCUT2D eigenvalue weighted by Crippen LogP contribution is 2.32. The predicted octanol–water partition coefficient (Wildman–Crippen LogP) is 6.22. The summed E-state index contributed by atoms with van der Waals surface area (Å²) in [4.78, 5) is 5.11. The van der Waals surface area contributed by atoms with Crippen LogP contribution in [-0.4, -0.2) is 14.6 Å². The fourth-order valence-corrected chi connectivity index (χ4v) is 5.66. The van der Waals surface area contributed by atoms with Crippen LogP contribution in [0.5, 0.6) is 0 Å². The topological polar surface area (TPSA) is 30.2 Å². The van der Waals surface area contributed by atoms with Crippen molar-refractivity contribution >= 4 is 45.3 Å². The highest BCUT2D eigenvalue weighted by molar-refractivity contribution is 7.17. The van der Waals surface area contributed by atoms with E-state index in [4.69, 9.17) is 10.1 Å². The zero-order chi connectivity index (χ0) is 22.4. The average molecular weight is 446 g/mol. The van der Waals surface area contributed by atoms with Crippen LogP contribution in [0.15, 0.2) is 79.0 Å². The highest BCUT2D eigenvalue weighted by atomic mass is 32.1. The van der Waals surface area contributed by atoms with Crippen molar-refractivity contribution < 1.29 is 0 Å². The summed E-state index contributed by atoms with van der Waals surface area (Å²) >= 11 is 1.74. The molecule has 0 N–H and O–H groups in total. The summed E-state index contributed by atoms with van der Waals surface area (Å²) in [7, 11) is 0. The lowest BCUT2D eigenvalue weighted by atomic mass is 10.0. The van der Waals surface area contributed by atoms with Gasteiger partial charge >= 0.3 is 0 Å². The fourth-order valence-electron chi connectivity index (χ4n) is 4.58. The van der Waals surface area contributed by atoms with Gasteiger partial charge < -0.3 is 0 Å². The minimum absolute atomic E-state index is 0.874. The molecule has 0 amide bonds. The van der Waals surface area contributed by atoms with E-state index in [0.717, 1.165) is 51.1 Å². The number of thiophene rings is 1. The van der Waals surface area contributed by atoms with Crippen molar-refractivity contribution in [1.82, 2.24) is 14.6 Å². The first-order valence-corrected chi connectivity index (χ1v) is 12.0. The Hall–Kier alpha value is -3.76. The van der Waals surface area contributed by atoms with Gasteiger partial charge in [-0.05, 0) is 53.6 Å². The van der Waals surface area contributed by atoms with Crippen LogP contribution in [-0.2, 0) is 0 Å². The molecular weight excluding hydrogens is 422 g/mol. The fraction of sp³-hybridized carbons (Fsp3) is 0.103. The van der Waals surface area contributed by atoms with Crippen molar-refractivity contribution in [3.8, 4) is 22.4 Å². The van der Waals surface area contributed by atoms with E-state index in [-0.39, 0.29) is 0 Å². The van der Waals surface area contributed by atoms with Crippen LogP contribution in [0.1, 0.15) is 25.5 Å². The summed E-state index contributed by atoms with van der Waals surface area (Å²) in [5.74, 6) is 0. The van der Waals surface area contributed by atoms with E-state index < -0.39 is 0 Å². The number of aromatic nitrogens is 3. The van der Waals surface area contributed by atoms with Gasteiger partial charge in [0.2, 0.25) is 0 Å². The molecule has 0 bridgehead atoms. The molecule has 0 saturated heterocycles. The molecule has 3 heterocycles. The van der Waals surface area contributed by atoms with Crippen molar-refractivity contribution in [3.63, 3.8) is 0 Å². The molecule has 0 fully saturated rings. The Balaban J connectivity index is 1.61. The van der Waals surface area contributed by atoms with Gasteiger partial charge in [-0.15, -0.1) is 11.3 Å². The zero-order valence-corrected chi connectivity index (χ0v) is 19.3. The third kappa shape index (κ3) is 3.35. The minimum atomic E-state index is 0.874. The summed E-state index contributed by atoms with van der Waals surface area (Å²) in [5.41, 5.74) is 7.36. The molecular formula is C29H23N3S. The molecule has 0 unspecified atom stereocenters. The van der Waals surface area contributed by atoms with Gasteiger partial charge in [0, 0.05) is 20.4 Å². The van der Waals surface area contributed by atoms with Gasteiger partial charge in [-0.3, -0.25) is 0 Å². The number of hydrogen-bond acceptors (Lipinski definition) is 3. The van der Waals surface area contributed by atoms with Gasteiger partial charge in [0.1, 0.15) is 0 Å². The second-order valence-electron chi connectivity index (χ2n) is 8.26. The zero-order valence-electron chi connectivity index (χ0n) is 18.5. The third-order valence-corrected chi connectivity index (χ3v) is 7.26. The second-order valence-corrected chi connectivity index (χ2v) is 9.40. The van der Waals surface area contributed by atoms with Gasteiger partial charge in [0.05, 0.1) is 17.6 Å². The van der Waals surface area contributed by atoms with Gasteiger partial charge in [-0.25, -0.2) is 9.50 Å². The maximum absolute atomic E-state index is 5.11. The molecule has 0 spiro atoms. The number of benzene rings is 2. The molecule has 0 radical (unpaired) electrons. The summed E-state index contributed by atoms with van der Waals surface area (Å²) in [5, 5.41) is 7.26. The van der Waals surface area contributed by atoms with Gasteiger partial charge in [0.15, 0.2) is 5.65 Å². The van der Waals surface area contributed by atoms with Crippen molar-refractivity contribution in [2.24, 2.45) is 0 Å². The van der Waals surface area contributed by atoms with Crippen molar-refractivity contribution in [3.05, 3.63) is 94.5 Å². The number of fused-ring (bicyclic) bond motifs is 2. The average Bonchev–Trinajstić information content (AvgIpc) is 3.43. The van der Waals surface area contributed by atoms with E-state index in [1.807, 2.05) is 16.8 Å². The number of rotatable bonds is 3. The Kier molecular flexibility index (Phi) is 4.81. The Morgan fingerprint density at radius 3 is 2.70 bits per heavy atom. The maximum atomic E-state index is 5.11. The molecule has 4 heteroatoms.